The number of thiophene rings is 1. The Morgan fingerprint density at radius 3 is 2.94 bits per heavy atom. The number of rotatable bonds is 2. The third-order valence-corrected chi connectivity index (χ3v) is 4.60. The lowest BCUT2D eigenvalue weighted by molar-refractivity contribution is 0.0594. The molecule has 96 valence electrons. The van der Waals surface area contributed by atoms with E-state index in [1.165, 1.54) is 0 Å². The molecule has 2 aliphatic heterocycles. The summed E-state index contributed by atoms with van der Waals surface area (Å²) in [6.07, 6.45) is 0.998. The standard InChI is InChI=1S/C12H14N2O3S/c15-11(9-2-6-18-10(9)12(16)17)14-5-4-13-3-1-8(14)7-13/h2,6,8H,1,3-5,7H2,(H,16,17). The van der Waals surface area contributed by atoms with Crippen molar-refractivity contribution in [2.24, 2.45) is 0 Å². The van der Waals surface area contributed by atoms with Crippen LogP contribution in [0.5, 0.6) is 0 Å². The van der Waals surface area contributed by atoms with E-state index in [0.717, 1.165) is 37.4 Å². The van der Waals surface area contributed by atoms with Crippen molar-refractivity contribution < 1.29 is 14.7 Å². The smallest absolute Gasteiger partial charge is 0.346 e. The van der Waals surface area contributed by atoms with Crippen LogP contribution in [0.3, 0.4) is 0 Å². The fraction of sp³-hybridized carbons (Fsp3) is 0.500. The van der Waals surface area contributed by atoms with Crippen LogP contribution in [0.2, 0.25) is 0 Å². The molecule has 1 aromatic heterocycles. The van der Waals surface area contributed by atoms with Gasteiger partial charge in [-0.05, 0) is 17.9 Å². The maximum absolute atomic E-state index is 12.4. The van der Waals surface area contributed by atoms with E-state index >= 15 is 0 Å². The molecule has 0 radical (unpaired) electrons. The SMILES string of the molecule is O=C(O)c1sccc1C(=O)N1CCN2CCC1C2. The Kier molecular flexibility index (Phi) is 2.83. The third-order valence-electron chi connectivity index (χ3n) is 3.70. The first kappa shape index (κ1) is 11.7. The third kappa shape index (κ3) is 1.81. The lowest BCUT2D eigenvalue weighted by Crippen LogP contribution is -2.49. The average Bonchev–Trinajstić information content (AvgIpc) is 2.96. The first-order chi connectivity index (χ1) is 8.66. The summed E-state index contributed by atoms with van der Waals surface area (Å²) < 4.78 is 0. The van der Waals surface area contributed by atoms with E-state index in [1.807, 2.05) is 4.90 Å². The van der Waals surface area contributed by atoms with E-state index in [1.54, 1.807) is 11.4 Å². The minimum atomic E-state index is -1.02. The summed E-state index contributed by atoms with van der Waals surface area (Å²) >= 11 is 1.11. The largest absolute Gasteiger partial charge is 0.477 e. The highest BCUT2D eigenvalue weighted by Crippen LogP contribution is 2.25. The molecule has 2 atom stereocenters. The Hall–Kier alpha value is -1.40. The lowest BCUT2D eigenvalue weighted by Gasteiger charge is -2.34. The maximum atomic E-state index is 12.4. The minimum Gasteiger partial charge on any atom is -0.477 e. The highest BCUT2D eigenvalue weighted by atomic mass is 32.1. The number of piperazine rings is 1. The highest BCUT2D eigenvalue weighted by molar-refractivity contribution is 7.12. The Balaban J connectivity index is 1.85. The van der Waals surface area contributed by atoms with Crippen LogP contribution in [0.15, 0.2) is 11.4 Å². The maximum Gasteiger partial charge on any atom is 0.346 e. The fourth-order valence-corrected chi connectivity index (χ4v) is 3.49. The van der Waals surface area contributed by atoms with Crippen molar-refractivity contribution in [2.75, 3.05) is 26.2 Å². The Morgan fingerprint density at radius 2 is 2.17 bits per heavy atom. The number of carbonyl (C=O) groups excluding carboxylic acids is 1. The predicted octanol–water partition coefficient (Wildman–Crippen LogP) is 0.976. The number of fused-ring (bicyclic) bond motifs is 2. The second-order valence-electron chi connectivity index (χ2n) is 4.71. The zero-order valence-electron chi connectivity index (χ0n) is 9.83. The van der Waals surface area contributed by atoms with Crippen LogP contribution >= 0.6 is 11.3 Å². The predicted molar refractivity (Wildman–Crippen MR) is 67.2 cm³/mol. The van der Waals surface area contributed by atoms with Gasteiger partial charge >= 0.3 is 5.97 Å². The number of aromatic carboxylic acids is 1. The molecule has 6 heteroatoms. The number of hydrogen-bond acceptors (Lipinski definition) is 4. The summed E-state index contributed by atoms with van der Waals surface area (Å²) in [5.41, 5.74) is 0.341. The molecule has 0 aliphatic carbocycles. The topological polar surface area (TPSA) is 60.9 Å². The molecule has 2 fully saturated rings. The Morgan fingerprint density at radius 1 is 1.33 bits per heavy atom. The van der Waals surface area contributed by atoms with Crippen LogP contribution in [0.1, 0.15) is 26.5 Å². The first-order valence-electron chi connectivity index (χ1n) is 6.01. The van der Waals surface area contributed by atoms with Crippen LogP contribution in [0.25, 0.3) is 0 Å². The lowest BCUT2D eigenvalue weighted by atomic mass is 10.1. The molecule has 2 unspecified atom stereocenters. The summed E-state index contributed by atoms with van der Waals surface area (Å²) in [5, 5.41) is 10.7. The zero-order valence-corrected chi connectivity index (χ0v) is 10.7. The average molecular weight is 266 g/mol. The minimum absolute atomic E-state index is 0.125. The molecule has 3 rings (SSSR count). The molecule has 0 saturated carbocycles. The van der Waals surface area contributed by atoms with E-state index in [0.29, 0.717) is 12.1 Å². The van der Waals surface area contributed by atoms with Crippen LogP contribution in [-0.4, -0.2) is 59.0 Å². The number of carbonyl (C=O) groups is 2. The Labute approximate surface area is 109 Å². The molecule has 1 N–H and O–H groups in total. The van der Waals surface area contributed by atoms with Crippen molar-refractivity contribution in [3.8, 4) is 0 Å². The van der Waals surface area contributed by atoms with Crippen molar-refractivity contribution in [2.45, 2.75) is 12.5 Å². The molecule has 2 aliphatic rings. The van der Waals surface area contributed by atoms with E-state index in [9.17, 15) is 9.59 Å². The summed E-state index contributed by atoms with van der Waals surface area (Å²) in [4.78, 5) is 27.8. The van der Waals surface area contributed by atoms with E-state index in [-0.39, 0.29) is 16.8 Å². The highest BCUT2D eigenvalue weighted by Gasteiger charge is 2.36. The van der Waals surface area contributed by atoms with E-state index < -0.39 is 5.97 Å². The molecule has 2 bridgehead atoms. The number of nitrogens with zero attached hydrogens (tertiary/aromatic N) is 2. The second-order valence-corrected chi connectivity index (χ2v) is 5.63. The molecule has 1 amide bonds. The van der Waals surface area contributed by atoms with Gasteiger partial charge < -0.3 is 10.0 Å². The molecule has 3 heterocycles. The molecule has 0 spiro atoms. The summed E-state index contributed by atoms with van der Waals surface area (Å²) in [6.45, 7) is 3.58. The van der Waals surface area contributed by atoms with Gasteiger partial charge in [0.25, 0.3) is 5.91 Å². The van der Waals surface area contributed by atoms with Crippen molar-refractivity contribution in [1.82, 2.24) is 9.80 Å². The van der Waals surface area contributed by atoms with Crippen LogP contribution in [0.4, 0.5) is 0 Å². The Bertz CT molecular complexity index is 499. The van der Waals surface area contributed by atoms with Crippen LogP contribution < -0.4 is 0 Å². The van der Waals surface area contributed by atoms with Gasteiger partial charge in [0.15, 0.2) is 0 Å². The first-order valence-corrected chi connectivity index (χ1v) is 6.89. The second kappa shape index (κ2) is 4.37. The van der Waals surface area contributed by atoms with Crippen molar-refractivity contribution in [3.63, 3.8) is 0 Å². The molecule has 5 nitrogen and oxygen atoms in total. The van der Waals surface area contributed by atoms with Crippen molar-refractivity contribution in [1.29, 1.82) is 0 Å². The molecular formula is C12H14N2O3S. The number of carboxylic acids is 1. The fourth-order valence-electron chi connectivity index (χ4n) is 2.77. The zero-order chi connectivity index (χ0) is 12.7. The summed E-state index contributed by atoms with van der Waals surface area (Å²) in [7, 11) is 0. The normalized spacial score (nSPS) is 26.3. The summed E-state index contributed by atoms with van der Waals surface area (Å²) in [5.74, 6) is -1.14. The van der Waals surface area contributed by atoms with Gasteiger partial charge in [-0.15, -0.1) is 11.3 Å². The number of hydrogen-bond donors (Lipinski definition) is 1. The van der Waals surface area contributed by atoms with Gasteiger partial charge in [-0.2, -0.15) is 0 Å². The van der Waals surface area contributed by atoms with Gasteiger partial charge in [-0.3, -0.25) is 9.69 Å². The van der Waals surface area contributed by atoms with Crippen LogP contribution in [-0.2, 0) is 0 Å². The van der Waals surface area contributed by atoms with E-state index in [2.05, 4.69) is 4.90 Å². The molecular weight excluding hydrogens is 252 g/mol. The van der Waals surface area contributed by atoms with Crippen LogP contribution in [0, 0.1) is 0 Å². The molecule has 1 aromatic rings. The monoisotopic (exact) mass is 266 g/mol. The van der Waals surface area contributed by atoms with Gasteiger partial charge in [-0.1, -0.05) is 0 Å². The van der Waals surface area contributed by atoms with Crippen molar-refractivity contribution in [3.05, 3.63) is 21.9 Å². The van der Waals surface area contributed by atoms with Gasteiger partial charge in [-0.25, -0.2) is 4.79 Å². The number of carboxylic acid groups (broad SMARTS) is 1. The molecule has 2 saturated heterocycles. The van der Waals surface area contributed by atoms with Gasteiger partial charge in [0, 0.05) is 32.2 Å². The molecule has 0 aromatic carbocycles. The van der Waals surface area contributed by atoms with Gasteiger partial charge in [0.2, 0.25) is 0 Å². The van der Waals surface area contributed by atoms with Crippen molar-refractivity contribution >= 4 is 23.2 Å². The van der Waals surface area contributed by atoms with Gasteiger partial charge in [0.1, 0.15) is 4.88 Å². The summed E-state index contributed by atoms with van der Waals surface area (Å²) in [6, 6.07) is 1.88. The molecule has 18 heavy (non-hydrogen) atoms. The van der Waals surface area contributed by atoms with Gasteiger partial charge in [0.05, 0.1) is 5.56 Å². The number of amides is 1. The quantitative estimate of drug-likeness (QED) is 0.866. The van der Waals surface area contributed by atoms with E-state index in [4.69, 9.17) is 5.11 Å².